The van der Waals surface area contributed by atoms with Gasteiger partial charge in [-0.05, 0) is 43.0 Å². The largest absolute Gasteiger partial charge is 0.318 e. The van der Waals surface area contributed by atoms with Gasteiger partial charge in [0.15, 0.2) is 0 Å². The standard InChI is InChI=1S/C13H16N2S/c1-8-6-10(3)11(7-9(8)2)12(14)13-15-4-5-16-13/h4-7,12H,14H2,1-3H3. The Hall–Kier alpha value is -1.19. The number of benzene rings is 1. The third-order valence-electron chi connectivity index (χ3n) is 2.93. The highest BCUT2D eigenvalue weighted by atomic mass is 32.1. The Morgan fingerprint density at radius 1 is 1.12 bits per heavy atom. The molecule has 1 aromatic heterocycles. The molecule has 0 aliphatic rings. The lowest BCUT2D eigenvalue weighted by atomic mass is 9.96. The first kappa shape index (κ1) is 11.3. The van der Waals surface area contributed by atoms with Crippen molar-refractivity contribution in [3.8, 4) is 0 Å². The molecule has 16 heavy (non-hydrogen) atoms. The molecule has 2 rings (SSSR count). The lowest BCUT2D eigenvalue weighted by molar-refractivity contribution is 0.846. The van der Waals surface area contributed by atoms with Crippen LogP contribution in [0.2, 0.25) is 0 Å². The van der Waals surface area contributed by atoms with E-state index in [-0.39, 0.29) is 6.04 Å². The third-order valence-corrected chi connectivity index (χ3v) is 3.79. The average Bonchev–Trinajstić information content (AvgIpc) is 2.75. The molecule has 0 amide bonds. The van der Waals surface area contributed by atoms with E-state index >= 15 is 0 Å². The predicted octanol–water partition coefficient (Wildman–Crippen LogP) is 3.12. The first-order chi connectivity index (χ1) is 7.59. The zero-order valence-electron chi connectivity index (χ0n) is 9.82. The van der Waals surface area contributed by atoms with Gasteiger partial charge in [0.05, 0.1) is 6.04 Å². The van der Waals surface area contributed by atoms with Crippen molar-refractivity contribution >= 4 is 11.3 Å². The number of thiazole rings is 1. The Morgan fingerprint density at radius 2 is 1.81 bits per heavy atom. The zero-order valence-corrected chi connectivity index (χ0v) is 10.6. The van der Waals surface area contributed by atoms with Crippen molar-refractivity contribution in [1.29, 1.82) is 0 Å². The van der Waals surface area contributed by atoms with E-state index in [1.54, 1.807) is 17.5 Å². The third kappa shape index (κ3) is 2.01. The number of hydrogen-bond donors (Lipinski definition) is 1. The second-order valence-electron chi connectivity index (χ2n) is 4.14. The smallest absolute Gasteiger partial charge is 0.114 e. The molecular formula is C13H16N2S. The number of rotatable bonds is 2. The van der Waals surface area contributed by atoms with E-state index in [9.17, 15) is 0 Å². The minimum Gasteiger partial charge on any atom is -0.318 e. The Morgan fingerprint density at radius 3 is 2.44 bits per heavy atom. The normalized spacial score (nSPS) is 12.8. The van der Waals surface area contributed by atoms with Crippen molar-refractivity contribution in [2.45, 2.75) is 26.8 Å². The summed E-state index contributed by atoms with van der Waals surface area (Å²) < 4.78 is 0. The predicted molar refractivity (Wildman–Crippen MR) is 68.8 cm³/mol. The Bertz CT molecular complexity index is 489. The fourth-order valence-electron chi connectivity index (χ4n) is 1.84. The molecule has 3 heteroatoms. The lowest BCUT2D eigenvalue weighted by Gasteiger charge is -2.14. The molecule has 1 heterocycles. The molecule has 2 nitrogen and oxygen atoms in total. The van der Waals surface area contributed by atoms with E-state index in [2.05, 4.69) is 37.9 Å². The van der Waals surface area contributed by atoms with Crippen LogP contribution in [0.3, 0.4) is 0 Å². The molecule has 2 N–H and O–H groups in total. The molecule has 1 unspecified atom stereocenters. The summed E-state index contributed by atoms with van der Waals surface area (Å²) in [6, 6.07) is 4.27. The van der Waals surface area contributed by atoms with E-state index < -0.39 is 0 Å². The monoisotopic (exact) mass is 232 g/mol. The molecule has 1 aromatic carbocycles. The summed E-state index contributed by atoms with van der Waals surface area (Å²) >= 11 is 1.61. The molecule has 0 aliphatic heterocycles. The van der Waals surface area contributed by atoms with E-state index in [1.165, 1.54) is 22.3 Å². The molecule has 0 saturated carbocycles. The highest BCUT2D eigenvalue weighted by Gasteiger charge is 2.14. The number of aromatic nitrogens is 1. The first-order valence-electron chi connectivity index (χ1n) is 5.32. The van der Waals surface area contributed by atoms with Gasteiger partial charge in [-0.25, -0.2) is 4.98 Å². The molecule has 0 bridgehead atoms. The van der Waals surface area contributed by atoms with Crippen LogP contribution in [-0.4, -0.2) is 4.98 Å². The summed E-state index contributed by atoms with van der Waals surface area (Å²) in [5.41, 5.74) is 11.2. The van der Waals surface area contributed by atoms with Crippen LogP contribution in [0.25, 0.3) is 0 Å². The lowest BCUT2D eigenvalue weighted by Crippen LogP contribution is -2.13. The summed E-state index contributed by atoms with van der Waals surface area (Å²) in [4.78, 5) is 4.28. The summed E-state index contributed by atoms with van der Waals surface area (Å²) in [5.74, 6) is 0. The zero-order chi connectivity index (χ0) is 11.7. The topological polar surface area (TPSA) is 38.9 Å². The molecular weight excluding hydrogens is 216 g/mol. The molecule has 0 fully saturated rings. The van der Waals surface area contributed by atoms with Crippen LogP contribution >= 0.6 is 11.3 Å². The van der Waals surface area contributed by atoms with Gasteiger partial charge < -0.3 is 5.73 Å². The van der Waals surface area contributed by atoms with E-state index in [0.717, 1.165) is 5.01 Å². The van der Waals surface area contributed by atoms with Crippen LogP contribution < -0.4 is 5.73 Å². The van der Waals surface area contributed by atoms with Gasteiger partial charge in [0.25, 0.3) is 0 Å². The maximum absolute atomic E-state index is 6.23. The van der Waals surface area contributed by atoms with Gasteiger partial charge in [-0.2, -0.15) is 0 Å². The quantitative estimate of drug-likeness (QED) is 0.864. The van der Waals surface area contributed by atoms with Crippen molar-refractivity contribution < 1.29 is 0 Å². The highest BCUT2D eigenvalue weighted by molar-refractivity contribution is 7.09. The van der Waals surface area contributed by atoms with Crippen LogP contribution in [0.1, 0.15) is 33.3 Å². The summed E-state index contributed by atoms with van der Waals surface area (Å²) in [6.45, 7) is 6.35. The molecule has 1 atom stereocenters. The average molecular weight is 232 g/mol. The molecule has 0 aliphatic carbocycles. The van der Waals surface area contributed by atoms with E-state index in [0.29, 0.717) is 0 Å². The maximum atomic E-state index is 6.23. The van der Waals surface area contributed by atoms with Crippen molar-refractivity contribution in [1.82, 2.24) is 4.98 Å². The Kier molecular flexibility index (Phi) is 3.08. The van der Waals surface area contributed by atoms with Crippen LogP contribution in [-0.2, 0) is 0 Å². The number of aryl methyl sites for hydroxylation is 3. The van der Waals surface area contributed by atoms with Crippen LogP contribution in [0.4, 0.5) is 0 Å². The fraction of sp³-hybridized carbons (Fsp3) is 0.308. The van der Waals surface area contributed by atoms with Crippen molar-refractivity contribution in [3.63, 3.8) is 0 Å². The van der Waals surface area contributed by atoms with Gasteiger partial charge >= 0.3 is 0 Å². The van der Waals surface area contributed by atoms with E-state index in [4.69, 9.17) is 5.73 Å². The fourth-order valence-corrected chi connectivity index (χ4v) is 2.50. The van der Waals surface area contributed by atoms with E-state index in [1.807, 2.05) is 5.38 Å². The minimum atomic E-state index is -0.0979. The van der Waals surface area contributed by atoms with Gasteiger partial charge in [-0.3, -0.25) is 0 Å². The Labute approximate surface area is 100 Å². The van der Waals surface area contributed by atoms with Crippen molar-refractivity contribution in [2.75, 3.05) is 0 Å². The SMILES string of the molecule is Cc1cc(C)c(C(N)c2nccs2)cc1C. The summed E-state index contributed by atoms with van der Waals surface area (Å²) in [5, 5.41) is 2.94. The van der Waals surface area contributed by atoms with Crippen LogP contribution in [0, 0.1) is 20.8 Å². The number of nitrogens with two attached hydrogens (primary N) is 1. The van der Waals surface area contributed by atoms with Gasteiger partial charge in [-0.15, -0.1) is 11.3 Å². The van der Waals surface area contributed by atoms with Crippen LogP contribution in [0.15, 0.2) is 23.7 Å². The summed E-state index contributed by atoms with van der Waals surface area (Å²) in [6.07, 6.45) is 1.80. The first-order valence-corrected chi connectivity index (χ1v) is 6.20. The Balaban J connectivity index is 2.44. The second kappa shape index (κ2) is 4.36. The molecule has 0 saturated heterocycles. The van der Waals surface area contributed by atoms with Crippen molar-refractivity contribution in [2.24, 2.45) is 5.73 Å². The molecule has 2 aromatic rings. The van der Waals surface area contributed by atoms with Gasteiger partial charge in [0, 0.05) is 11.6 Å². The van der Waals surface area contributed by atoms with Crippen molar-refractivity contribution in [3.05, 3.63) is 51.0 Å². The number of nitrogens with zero attached hydrogens (tertiary/aromatic N) is 1. The van der Waals surface area contributed by atoms with Gasteiger partial charge in [0.1, 0.15) is 5.01 Å². The van der Waals surface area contributed by atoms with Gasteiger partial charge in [-0.1, -0.05) is 12.1 Å². The maximum Gasteiger partial charge on any atom is 0.114 e. The molecule has 0 radical (unpaired) electrons. The van der Waals surface area contributed by atoms with Gasteiger partial charge in [0.2, 0.25) is 0 Å². The molecule has 0 spiro atoms. The van der Waals surface area contributed by atoms with Crippen LogP contribution in [0.5, 0.6) is 0 Å². The second-order valence-corrected chi connectivity index (χ2v) is 5.07. The summed E-state index contributed by atoms with van der Waals surface area (Å²) in [7, 11) is 0. The highest BCUT2D eigenvalue weighted by Crippen LogP contribution is 2.26. The molecule has 84 valence electrons. The number of hydrogen-bond acceptors (Lipinski definition) is 3. The minimum absolute atomic E-state index is 0.0979.